The van der Waals surface area contributed by atoms with Crippen molar-refractivity contribution in [2.24, 2.45) is 0 Å². The van der Waals surface area contributed by atoms with Crippen molar-refractivity contribution >= 4 is 22.6 Å². The molecule has 0 aliphatic carbocycles. The van der Waals surface area contributed by atoms with E-state index >= 15 is 0 Å². The maximum absolute atomic E-state index is 14.3. The lowest BCUT2D eigenvalue weighted by Gasteiger charge is -2.29. The number of amides is 1. The standard InChI is InChI=1S/C18H17FN4O/c1-2-23-16-9-8-13(11-15(16)20-21-23)18(24)22-10-4-6-12-5-3-7-14(19)17(12)22/h3,5,7-9,11H,2,4,6,10H2,1H3. The van der Waals surface area contributed by atoms with E-state index in [0.29, 0.717) is 29.9 Å². The zero-order valence-corrected chi connectivity index (χ0v) is 13.4. The first kappa shape index (κ1) is 14.8. The van der Waals surface area contributed by atoms with E-state index in [0.717, 1.165) is 23.9 Å². The number of hydrogen-bond acceptors (Lipinski definition) is 3. The Kier molecular flexibility index (Phi) is 3.52. The van der Waals surface area contributed by atoms with Gasteiger partial charge in [0.05, 0.1) is 11.2 Å². The van der Waals surface area contributed by atoms with Crippen molar-refractivity contribution in [3.8, 4) is 0 Å². The molecule has 0 bridgehead atoms. The Morgan fingerprint density at radius 2 is 2.17 bits per heavy atom. The summed E-state index contributed by atoms with van der Waals surface area (Å²) in [6, 6.07) is 10.3. The predicted molar refractivity (Wildman–Crippen MR) is 89.6 cm³/mol. The Balaban J connectivity index is 1.75. The molecular weight excluding hydrogens is 307 g/mol. The topological polar surface area (TPSA) is 51.0 Å². The molecule has 0 fully saturated rings. The van der Waals surface area contributed by atoms with Crippen molar-refractivity contribution in [2.75, 3.05) is 11.4 Å². The van der Waals surface area contributed by atoms with Gasteiger partial charge in [0.15, 0.2) is 0 Å². The number of aromatic nitrogens is 3. The van der Waals surface area contributed by atoms with E-state index in [1.807, 2.05) is 19.1 Å². The number of benzene rings is 2. The van der Waals surface area contributed by atoms with E-state index in [2.05, 4.69) is 10.3 Å². The fraction of sp³-hybridized carbons (Fsp3) is 0.278. The van der Waals surface area contributed by atoms with Crippen LogP contribution in [-0.4, -0.2) is 27.4 Å². The lowest BCUT2D eigenvalue weighted by atomic mass is 10.00. The SMILES string of the molecule is CCn1nnc2cc(C(=O)N3CCCc4cccc(F)c43)ccc21. The lowest BCUT2D eigenvalue weighted by Crippen LogP contribution is -2.36. The molecule has 0 spiro atoms. The van der Waals surface area contributed by atoms with Gasteiger partial charge in [0.25, 0.3) is 5.91 Å². The Hall–Kier alpha value is -2.76. The number of rotatable bonds is 2. The summed E-state index contributed by atoms with van der Waals surface area (Å²) in [4.78, 5) is 14.5. The second-order valence-electron chi connectivity index (χ2n) is 5.92. The molecule has 6 heteroatoms. The highest BCUT2D eigenvalue weighted by Crippen LogP contribution is 2.31. The number of para-hydroxylation sites is 1. The highest BCUT2D eigenvalue weighted by molar-refractivity contribution is 6.08. The van der Waals surface area contributed by atoms with Crippen LogP contribution in [-0.2, 0) is 13.0 Å². The molecule has 1 aromatic heterocycles. The van der Waals surface area contributed by atoms with Gasteiger partial charge >= 0.3 is 0 Å². The van der Waals surface area contributed by atoms with Crippen LogP contribution in [0.2, 0.25) is 0 Å². The molecule has 0 radical (unpaired) electrons. The third kappa shape index (κ3) is 2.26. The minimum atomic E-state index is -0.349. The fourth-order valence-electron chi connectivity index (χ4n) is 3.30. The Morgan fingerprint density at radius 1 is 1.29 bits per heavy atom. The number of aryl methyl sites for hydroxylation is 2. The highest BCUT2D eigenvalue weighted by atomic mass is 19.1. The van der Waals surface area contributed by atoms with Crippen molar-refractivity contribution in [1.29, 1.82) is 0 Å². The quantitative estimate of drug-likeness (QED) is 0.727. The molecule has 0 saturated heterocycles. The molecule has 0 N–H and O–H groups in total. The summed E-state index contributed by atoms with van der Waals surface area (Å²) in [6.07, 6.45) is 1.62. The normalized spacial score (nSPS) is 14.0. The summed E-state index contributed by atoms with van der Waals surface area (Å²) in [7, 11) is 0. The van der Waals surface area contributed by atoms with E-state index in [9.17, 15) is 9.18 Å². The highest BCUT2D eigenvalue weighted by Gasteiger charge is 2.26. The molecule has 5 nitrogen and oxygen atoms in total. The van der Waals surface area contributed by atoms with Crippen molar-refractivity contribution in [3.05, 3.63) is 53.3 Å². The molecule has 0 saturated carbocycles. The first-order chi connectivity index (χ1) is 11.7. The summed E-state index contributed by atoms with van der Waals surface area (Å²) in [5.41, 5.74) is 3.35. The largest absolute Gasteiger partial charge is 0.305 e. The van der Waals surface area contributed by atoms with Crippen LogP contribution in [0.3, 0.4) is 0 Å². The Bertz CT molecular complexity index is 934. The number of carbonyl (C=O) groups excluding carboxylic acids is 1. The van der Waals surface area contributed by atoms with E-state index in [4.69, 9.17) is 0 Å². The molecule has 0 unspecified atom stereocenters. The van der Waals surface area contributed by atoms with Crippen LogP contribution in [0.1, 0.15) is 29.3 Å². The van der Waals surface area contributed by atoms with E-state index in [-0.39, 0.29) is 11.7 Å². The number of fused-ring (bicyclic) bond motifs is 2. The van der Waals surface area contributed by atoms with Gasteiger partial charge in [-0.25, -0.2) is 9.07 Å². The average molecular weight is 324 g/mol. The van der Waals surface area contributed by atoms with Gasteiger partial charge in [0, 0.05) is 18.7 Å². The monoisotopic (exact) mass is 324 g/mol. The maximum Gasteiger partial charge on any atom is 0.258 e. The molecule has 3 aromatic rings. The van der Waals surface area contributed by atoms with Crippen LogP contribution >= 0.6 is 0 Å². The van der Waals surface area contributed by atoms with Crippen LogP contribution in [0.25, 0.3) is 11.0 Å². The Morgan fingerprint density at radius 3 is 3.00 bits per heavy atom. The second-order valence-corrected chi connectivity index (χ2v) is 5.92. The molecule has 2 heterocycles. The maximum atomic E-state index is 14.3. The molecule has 2 aromatic carbocycles. The summed E-state index contributed by atoms with van der Waals surface area (Å²) in [6.45, 7) is 3.22. The molecule has 1 aliphatic heterocycles. The molecule has 4 rings (SSSR count). The van der Waals surface area contributed by atoms with Gasteiger partial charge in [-0.2, -0.15) is 0 Å². The van der Waals surface area contributed by atoms with Gasteiger partial charge in [0.1, 0.15) is 11.3 Å². The van der Waals surface area contributed by atoms with Gasteiger partial charge in [0.2, 0.25) is 0 Å². The first-order valence-corrected chi connectivity index (χ1v) is 8.11. The van der Waals surface area contributed by atoms with E-state index in [1.54, 1.807) is 27.8 Å². The zero-order valence-electron chi connectivity index (χ0n) is 13.4. The fourth-order valence-corrected chi connectivity index (χ4v) is 3.30. The minimum Gasteiger partial charge on any atom is -0.305 e. The van der Waals surface area contributed by atoms with Crippen molar-refractivity contribution < 1.29 is 9.18 Å². The predicted octanol–water partition coefficient (Wildman–Crippen LogP) is 3.18. The summed E-state index contributed by atoms with van der Waals surface area (Å²) in [5, 5.41) is 8.17. The summed E-state index contributed by atoms with van der Waals surface area (Å²) >= 11 is 0. The van der Waals surface area contributed by atoms with Gasteiger partial charge < -0.3 is 4.90 Å². The zero-order chi connectivity index (χ0) is 16.7. The molecule has 1 amide bonds. The molecule has 1 aliphatic rings. The molecule has 122 valence electrons. The van der Waals surface area contributed by atoms with Crippen LogP contribution in [0.15, 0.2) is 36.4 Å². The summed E-state index contributed by atoms with van der Waals surface area (Å²) in [5.74, 6) is -0.549. The molecule has 0 atom stereocenters. The number of carbonyl (C=O) groups is 1. The van der Waals surface area contributed by atoms with Crippen LogP contribution in [0, 0.1) is 5.82 Å². The lowest BCUT2D eigenvalue weighted by molar-refractivity contribution is 0.0984. The number of nitrogens with zero attached hydrogens (tertiary/aromatic N) is 4. The van der Waals surface area contributed by atoms with Gasteiger partial charge in [-0.15, -0.1) is 5.10 Å². The van der Waals surface area contributed by atoms with E-state index < -0.39 is 0 Å². The van der Waals surface area contributed by atoms with Gasteiger partial charge in [-0.3, -0.25) is 4.79 Å². The van der Waals surface area contributed by atoms with Crippen molar-refractivity contribution in [1.82, 2.24) is 15.0 Å². The van der Waals surface area contributed by atoms with Crippen LogP contribution in [0.4, 0.5) is 10.1 Å². The van der Waals surface area contributed by atoms with Crippen LogP contribution in [0.5, 0.6) is 0 Å². The Labute approximate surface area is 138 Å². The number of hydrogen-bond donors (Lipinski definition) is 0. The smallest absolute Gasteiger partial charge is 0.258 e. The van der Waals surface area contributed by atoms with Gasteiger partial charge in [-0.05, 0) is 49.6 Å². The molecule has 24 heavy (non-hydrogen) atoms. The van der Waals surface area contributed by atoms with Crippen molar-refractivity contribution in [3.63, 3.8) is 0 Å². The number of halogens is 1. The third-order valence-corrected chi connectivity index (χ3v) is 4.47. The molecular formula is C18H17FN4O. The average Bonchev–Trinajstić information content (AvgIpc) is 3.03. The third-order valence-electron chi connectivity index (χ3n) is 4.47. The minimum absolute atomic E-state index is 0.200. The van der Waals surface area contributed by atoms with Gasteiger partial charge in [-0.1, -0.05) is 17.3 Å². The first-order valence-electron chi connectivity index (χ1n) is 8.11. The van der Waals surface area contributed by atoms with Crippen LogP contribution < -0.4 is 4.90 Å². The second kappa shape index (κ2) is 5.70. The number of anilines is 1. The summed E-state index contributed by atoms with van der Waals surface area (Å²) < 4.78 is 16.1. The van der Waals surface area contributed by atoms with E-state index in [1.165, 1.54) is 6.07 Å². The van der Waals surface area contributed by atoms with Crippen molar-refractivity contribution in [2.45, 2.75) is 26.3 Å².